The second-order valence-corrected chi connectivity index (χ2v) is 9.38. The van der Waals surface area contributed by atoms with Crippen LogP contribution in [0.5, 0.6) is 5.75 Å². The van der Waals surface area contributed by atoms with Crippen LogP contribution in [0.15, 0.2) is 35.7 Å². The molecule has 0 spiro atoms. The summed E-state index contributed by atoms with van der Waals surface area (Å²) in [5.74, 6) is 0.393. The first-order valence-electron chi connectivity index (χ1n) is 12.0. The normalized spacial score (nSPS) is 16.1. The highest BCUT2D eigenvalue weighted by molar-refractivity contribution is 7.09. The second kappa shape index (κ2) is 13.2. The Balaban J connectivity index is 1.58. The molecule has 1 aromatic heterocycles. The maximum absolute atomic E-state index is 13.0. The van der Waals surface area contributed by atoms with E-state index >= 15 is 0 Å². The Morgan fingerprint density at radius 1 is 1.26 bits per heavy atom. The lowest BCUT2D eigenvalue weighted by Crippen LogP contribution is -2.43. The number of aromatic nitrogens is 1. The number of esters is 1. The van der Waals surface area contributed by atoms with Gasteiger partial charge in [0, 0.05) is 30.6 Å². The first-order chi connectivity index (χ1) is 16.5. The van der Waals surface area contributed by atoms with E-state index in [1.165, 1.54) is 0 Å². The van der Waals surface area contributed by atoms with E-state index < -0.39 is 0 Å². The number of benzene rings is 1. The Morgan fingerprint density at radius 2 is 2.06 bits per heavy atom. The van der Waals surface area contributed by atoms with Crippen molar-refractivity contribution in [2.75, 3.05) is 32.8 Å². The molecule has 1 atom stereocenters. The summed E-state index contributed by atoms with van der Waals surface area (Å²) >= 11 is 1.61. The molecule has 2 heterocycles. The minimum absolute atomic E-state index is 0.0912. The molecule has 0 N–H and O–H groups in total. The molecule has 7 nitrogen and oxygen atoms in total. The van der Waals surface area contributed by atoms with Gasteiger partial charge in [-0.15, -0.1) is 11.3 Å². The van der Waals surface area contributed by atoms with Gasteiger partial charge in [-0.1, -0.05) is 19.1 Å². The fourth-order valence-corrected chi connectivity index (χ4v) is 4.70. The average Bonchev–Trinajstić information content (AvgIpc) is 3.47. The minimum atomic E-state index is -0.272. The van der Waals surface area contributed by atoms with Gasteiger partial charge >= 0.3 is 5.97 Å². The van der Waals surface area contributed by atoms with Gasteiger partial charge in [-0.05, 0) is 63.6 Å². The third-order valence-electron chi connectivity index (χ3n) is 5.89. The lowest BCUT2D eigenvalue weighted by molar-refractivity contribution is -0.143. The molecular weight excluding hydrogens is 450 g/mol. The molecule has 1 aliphatic heterocycles. The molecule has 34 heavy (non-hydrogen) atoms. The molecule has 0 bridgehead atoms. The fraction of sp³-hybridized carbons (Fsp3) is 0.500. The molecule has 1 saturated heterocycles. The predicted molar refractivity (Wildman–Crippen MR) is 135 cm³/mol. The number of aryl methyl sites for hydroxylation is 1. The van der Waals surface area contributed by atoms with Crippen LogP contribution >= 0.6 is 11.3 Å². The van der Waals surface area contributed by atoms with Crippen LogP contribution in [-0.4, -0.2) is 65.5 Å². The SMILES string of the molecule is CCOC(=O)CCN(C[C@H]1CCCN1CC)C(=O)/C=C\c1ccc(OCc2csc(C)n2)cc1. The summed E-state index contributed by atoms with van der Waals surface area (Å²) in [4.78, 5) is 33.5. The van der Waals surface area contributed by atoms with Crippen molar-refractivity contribution in [3.63, 3.8) is 0 Å². The highest BCUT2D eigenvalue weighted by Gasteiger charge is 2.26. The van der Waals surface area contributed by atoms with Gasteiger partial charge in [-0.2, -0.15) is 0 Å². The summed E-state index contributed by atoms with van der Waals surface area (Å²) in [5.41, 5.74) is 1.83. The first kappa shape index (κ1) is 25.9. The Labute approximate surface area is 206 Å². The lowest BCUT2D eigenvalue weighted by Gasteiger charge is -2.29. The Morgan fingerprint density at radius 3 is 2.74 bits per heavy atom. The zero-order valence-electron chi connectivity index (χ0n) is 20.4. The van der Waals surface area contributed by atoms with E-state index in [1.807, 2.05) is 36.6 Å². The van der Waals surface area contributed by atoms with Crippen molar-refractivity contribution < 1.29 is 19.1 Å². The molecule has 0 radical (unpaired) electrons. The van der Waals surface area contributed by atoms with Gasteiger partial charge in [-0.3, -0.25) is 14.5 Å². The number of hydrogen-bond donors (Lipinski definition) is 0. The maximum atomic E-state index is 13.0. The van der Waals surface area contributed by atoms with Crippen LogP contribution in [0.2, 0.25) is 0 Å². The number of likely N-dealkylation sites (N-methyl/N-ethyl adjacent to an activating group) is 1. The molecule has 0 aliphatic carbocycles. The molecule has 1 aromatic carbocycles. The number of hydrogen-bond acceptors (Lipinski definition) is 7. The van der Waals surface area contributed by atoms with E-state index in [9.17, 15) is 9.59 Å². The quantitative estimate of drug-likeness (QED) is 0.330. The number of nitrogens with zero attached hydrogens (tertiary/aromatic N) is 3. The van der Waals surface area contributed by atoms with E-state index in [4.69, 9.17) is 9.47 Å². The molecular formula is C26H35N3O4S. The van der Waals surface area contributed by atoms with Crippen molar-refractivity contribution in [2.24, 2.45) is 0 Å². The standard InChI is InChI=1S/C26H35N3O4S/c1-4-28-15-6-7-23(28)17-29(16-14-26(31)32-5-2)25(30)13-10-21-8-11-24(12-9-21)33-18-22-19-34-20(3)27-22/h8-13,19,23H,4-7,14-18H2,1-3H3/b13-10-/t23-/m1/s1. The predicted octanol–water partition coefficient (Wildman–Crippen LogP) is 4.31. The number of likely N-dealkylation sites (tertiary alicyclic amines) is 1. The number of carbonyl (C=O) groups excluding carboxylic acids is 2. The monoisotopic (exact) mass is 485 g/mol. The number of rotatable bonds is 12. The van der Waals surface area contributed by atoms with Gasteiger partial charge in [0.25, 0.3) is 0 Å². The summed E-state index contributed by atoms with van der Waals surface area (Å²) in [6.45, 7) is 9.71. The smallest absolute Gasteiger partial charge is 0.307 e. The van der Waals surface area contributed by atoms with Gasteiger partial charge in [0.15, 0.2) is 0 Å². The molecule has 8 heteroatoms. The summed E-state index contributed by atoms with van der Waals surface area (Å²) in [6.07, 6.45) is 5.81. The number of thiazole rings is 1. The fourth-order valence-electron chi connectivity index (χ4n) is 4.10. The number of ether oxygens (including phenoxy) is 2. The molecule has 1 fully saturated rings. The second-order valence-electron chi connectivity index (χ2n) is 8.31. The molecule has 0 saturated carbocycles. The molecule has 2 aromatic rings. The molecule has 0 unspecified atom stereocenters. The zero-order valence-corrected chi connectivity index (χ0v) is 21.2. The molecule has 3 rings (SSSR count). The van der Waals surface area contributed by atoms with Gasteiger partial charge in [0.2, 0.25) is 5.91 Å². The van der Waals surface area contributed by atoms with Crippen LogP contribution in [0.25, 0.3) is 6.08 Å². The topological polar surface area (TPSA) is 72.0 Å². The highest BCUT2D eigenvalue weighted by Crippen LogP contribution is 2.19. The van der Waals surface area contributed by atoms with Crippen molar-refractivity contribution in [3.05, 3.63) is 52.0 Å². The van der Waals surface area contributed by atoms with Gasteiger partial charge in [-0.25, -0.2) is 4.98 Å². The average molecular weight is 486 g/mol. The minimum Gasteiger partial charge on any atom is -0.487 e. The lowest BCUT2D eigenvalue weighted by atomic mass is 10.1. The highest BCUT2D eigenvalue weighted by atomic mass is 32.1. The van der Waals surface area contributed by atoms with Gasteiger partial charge < -0.3 is 14.4 Å². The van der Waals surface area contributed by atoms with E-state index in [0.717, 1.165) is 47.9 Å². The Hall–Kier alpha value is -2.71. The van der Waals surface area contributed by atoms with Crippen molar-refractivity contribution in [1.82, 2.24) is 14.8 Å². The van der Waals surface area contributed by atoms with E-state index in [-0.39, 0.29) is 18.3 Å². The Bertz CT molecular complexity index is 957. The molecule has 1 amide bonds. The summed E-state index contributed by atoms with van der Waals surface area (Å²) < 4.78 is 10.8. The third kappa shape index (κ3) is 7.95. The van der Waals surface area contributed by atoms with E-state index in [0.29, 0.717) is 32.3 Å². The van der Waals surface area contributed by atoms with Crippen molar-refractivity contribution in [3.8, 4) is 5.75 Å². The van der Waals surface area contributed by atoms with Crippen molar-refractivity contribution in [1.29, 1.82) is 0 Å². The van der Waals surface area contributed by atoms with Crippen LogP contribution in [0.1, 0.15) is 49.4 Å². The van der Waals surface area contributed by atoms with Crippen LogP contribution in [-0.2, 0) is 20.9 Å². The van der Waals surface area contributed by atoms with Crippen molar-refractivity contribution in [2.45, 2.75) is 52.7 Å². The molecule has 184 valence electrons. The summed E-state index contributed by atoms with van der Waals surface area (Å²) in [7, 11) is 0. The third-order valence-corrected chi connectivity index (χ3v) is 6.71. The number of carbonyl (C=O) groups is 2. The summed E-state index contributed by atoms with van der Waals surface area (Å²) in [6, 6.07) is 7.95. The van der Waals surface area contributed by atoms with Crippen LogP contribution in [0, 0.1) is 6.92 Å². The largest absolute Gasteiger partial charge is 0.487 e. The van der Waals surface area contributed by atoms with Crippen molar-refractivity contribution >= 4 is 29.3 Å². The van der Waals surface area contributed by atoms with Crippen LogP contribution in [0.3, 0.4) is 0 Å². The summed E-state index contributed by atoms with van der Waals surface area (Å²) in [5, 5.41) is 3.02. The van der Waals surface area contributed by atoms with Crippen LogP contribution in [0.4, 0.5) is 0 Å². The first-order valence-corrected chi connectivity index (χ1v) is 12.9. The van der Waals surface area contributed by atoms with E-state index in [2.05, 4.69) is 16.8 Å². The maximum Gasteiger partial charge on any atom is 0.307 e. The zero-order chi connectivity index (χ0) is 24.3. The van der Waals surface area contributed by atoms with Crippen LogP contribution < -0.4 is 4.74 Å². The van der Waals surface area contributed by atoms with Gasteiger partial charge in [0.1, 0.15) is 12.4 Å². The van der Waals surface area contributed by atoms with Gasteiger partial charge in [0.05, 0.1) is 23.7 Å². The molecule has 1 aliphatic rings. The Kier molecular flexibility index (Phi) is 10.1. The van der Waals surface area contributed by atoms with E-state index in [1.54, 1.807) is 35.3 Å². The number of amides is 1.